The average Bonchev–Trinajstić information content (AvgIpc) is 3.50. The molecule has 0 aromatic heterocycles. The minimum absolute atomic E-state index is 0.0440. The molecule has 0 bridgehead atoms. The van der Waals surface area contributed by atoms with Crippen LogP contribution in [0, 0.1) is 5.92 Å². The Morgan fingerprint density at radius 3 is 2.53 bits per heavy atom. The second kappa shape index (κ2) is 8.67. The Morgan fingerprint density at radius 1 is 1.10 bits per heavy atom. The highest BCUT2D eigenvalue weighted by Gasteiger charge is 2.39. The maximum absolute atomic E-state index is 12.7. The zero-order valence-corrected chi connectivity index (χ0v) is 18.3. The molecule has 2 N–H and O–H groups in total. The molecule has 164 valence electrons. The third-order valence-corrected chi connectivity index (χ3v) is 7.81. The number of sulfonamides is 1. The van der Waals surface area contributed by atoms with Gasteiger partial charge in [0, 0.05) is 36.7 Å². The summed E-state index contributed by atoms with van der Waals surface area (Å²) in [5.41, 5.74) is 1.71. The lowest BCUT2D eigenvalue weighted by Gasteiger charge is -2.23. The van der Waals surface area contributed by atoms with Gasteiger partial charge in [0.25, 0.3) is 0 Å². The number of fused-ring (bicyclic) bond motifs is 1. The molecule has 3 aliphatic rings. The van der Waals surface area contributed by atoms with E-state index in [1.54, 1.807) is 18.2 Å². The Bertz CT molecular complexity index is 920. The van der Waals surface area contributed by atoms with Gasteiger partial charge in [0.1, 0.15) is 0 Å². The molecular formula is C22H31N3O4S. The van der Waals surface area contributed by atoms with Crippen molar-refractivity contribution in [1.82, 2.24) is 10.0 Å². The predicted molar refractivity (Wildman–Crippen MR) is 115 cm³/mol. The number of hydrogen-bond donors (Lipinski definition) is 2. The molecule has 0 unspecified atom stereocenters. The summed E-state index contributed by atoms with van der Waals surface area (Å²) >= 11 is 0. The van der Waals surface area contributed by atoms with Crippen molar-refractivity contribution >= 4 is 27.5 Å². The van der Waals surface area contributed by atoms with E-state index in [0.29, 0.717) is 6.42 Å². The van der Waals surface area contributed by atoms with Crippen LogP contribution in [0.5, 0.6) is 0 Å². The molecule has 1 heterocycles. The van der Waals surface area contributed by atoms with E-state index < -0.39 is 10.0 Å². The van der Waals surface area contributed by atoms with E-state index >= 15 is 0 Å². The van der Waals surface area contributed by atoms with Crippen molar-refractivity contribution in [2.24, 2.45) is 5.92 Å². The van der Waals surface area contributed by atoms with Crippen LogP contribution in [0.4, 0.5) is 5.69 Å². The van der Waals surface area contributed by atoms with Gasteiger partial charge in [-0.1, -0.05) is 19.3 Å². The molecule has 1 aliphatic heterocycles. The van der Waals surface area contributed by atoms with Gasteiger partial charge >= 0.3 is 0 Å². The highest BCUT2D eigenvalue weighted by Crippen LogP contribution is 2.39. The second-order valence-electron chi connectivity index (χ2n) is 8.88. The van der Waals surface area contributed by atoms with E-state index in [9.17, 15) is 18.0 Å². The molecule has 2 saturated carbocycles. The first-order chi connectivity index (χ1) is 14.3. The van der Waals surface area contributed by atoms with Gasteiger partial charge in [-0.15, -0.1) is 0 Å². The number of hydrogen-bond acceptors (Lipinski definition) is 4. The summed E-state index contributed by atoms with van der Waals surface area (Å²) in [6.07, 6.45) is 8.18. The predicted octanol–water partition coefficient (Wildman–Crippen LogP) is 2.49. The van der Waals surface area contributed by atoms with Crippen molar-refractivity contribution in [1.29, 1.82) is 0 Å². The Hall–Kier alpha value is -1.93. The van der Waals surface area contributed by atoms with Crippen LogP contribution in [-0.2, 0) is 26.0 Å². The number of nitrogens with zero attached hydrogens (tertiary/aromatic N) is 1. The zero-order chi connectivity index (χ0) is 21.3. The summed E-state index contributed by atoms with van der Waals surface area (Å²) in [5.74, 6) is 0.170. The fourth-order valence-corrected chi connectivity index (χ4v) is 5.65. The summed E-state index contributed by atoms with van der Waals surface area (Å²) in [6.45, 7) is 2.07. The first-order valence-corrected chi connectivity index (χ1v) is 12.6. The van der Waals surface area contributed by atoms with Crippen molar-refractivity contribution in [3.05, 3.63) is 23.8 Å². The number of rotatable bonds is 7. The number of amides is 2. The minimum Gasteiger partial charge on any atom is -0.353 e. The fraction of sp³-hybridized carbons (Fsp3) is 0.636. The van der Waals surface area contributed by atoms with Crippen LogP contribution >= 0.6 is 0 Å². The lowest BCUT2D eigenvalue weighted by molar-refractivity contribution is -0.122. The molecule has 0 spiro atoms. The zero-order valence-electron chi connectivity index (χ0n) is 17.5. The van der Waals surface area contributed by atoms with Gasteiger partial charge < -0.3 is 10.2 Å². The van der Waals surface area contributed by atoms with Gasteiger partial charge in [-0.2, -0.15) is 0 Å². The molecule has 8 heteroatoms. The number of nitrogens with one attached hydrogen (secondary N) is 2. The van der Waals surface area contributed by atoms with Gasteiger partial charge in [-0.3, -0.25) is 9.59 Å². The highest BCUT2D eigenvalue weighted by molar-refractivity contribution is 7.89. The number of carbonyl (C=O) groups is 2. The lowest BCUT2D eigenvalue weighted by atomic mass is 9.95. The molecule has 2 aliphatic carbocycles. The van der Waals surface area contributed by atoms with Crippen LogP contribution in [0.3, 0.4) is 0 Å². The van der Waals surface area contributed by atoms with E-state index in [2.05, 4.69) is 10.0 Å². The highest BCUT2D eigenvalue weighted by atomic mass is 32.2. The lowest BCUT2D eigenvalue weighted by Crippen LogP contribution is -2.38. The standard InChI is InChI=1S/C22H31N3O4S/c1-15-13-17-14-19(9-10-20(17)25(15)22(27)16-7-8-16)30(28,29)23-12-11-21(26)24-18-5-3-2-4-6-18/h9-10,14-16,18,23H,2-8,11-13H2,1H3,(H,24,26)/t15-/m1/s1. The molecule has 2 amide bonds. The van der Waals surface area contributed by atoms with Crippen LogP contribution < -0.4 is 14.9 Å². The van der Waals surface area contributed by atoms with Crippen molar-refractivity contribution in [2.75, 3.05) is 11.4 Å². The maximum Gasteiger partial charge on any atom is 0.240 e. The summed E-state index contributed by atoms with van der Waals surface area (Å²) < 4.78 is 27.9. The van der Waals surface area contributed by atoms with Gasteiger partial charge in [-0.25, -0.2) is 13.1 Å². The van der Waals surface area contributed by atoms with Gasteiger partial charge in [0.05, 0.1) is 4.90 Å². The quantitative estimate of drug-likeness (QED) is 0.691. The first kappa shape index (κ1) is 21.3. The molecule has 1 aromatic carbocycles. The fourth-order valence-electron chi connectivity index (χ4n) is 4.57. The van der Waals surface area contributed by atoms with Gasteiger partial charge in [0.2, 0.25) is 21.8 Å². The molecule has 1 atom stereocenters. The third-order valence-electron chi connectivity index (χ3n) is 6.36. The van der Waals surface area contributed by atoms with E-state index in [0.717, 1.165) is 49.8 Å². The maximum atomic E-state index is 12.7. The average molecular weight is 434 g/mol. The topological polar surface area (TPSA) is 95.6 Å². The van der Waals surface area contributed by atoms with Crippen LogP contribution in [-0.4, -0.2) is 38.9 Å². The van der Waals surface area contributed by atoms with Crippen molar-refractivity contribution in [3.8, 4) is 0 Å². The Kier molecular flexibility index (Phi) is 6.16. The van der Waals surface area contributed by atoms with E-state index in [-0.39, 0.29) is 47.7 Å². The minimum atomic E-state index is -3.70. The largest absolute Gasteiger partial charge is 0.353 e. The van der Waals surface area contributed by atoms with Crippen LogP contribution in [0.2, 0.25) is 0 Å². The monoisotopic (exact) mass is 433 g/mol. The van der Waals surface area contributed by atoms with Gasteiger partial charge in [-0.05, 0) is 62.8 Å². The summed E-state index contributed by atoms with van der Waals surface area (Å²) in [7, 11) is -3.70. The second-order valence-corrected chi connectivity index (χ2v) is 10.6. The van der Waals surface area contributed by atoms with E-state index in [1.165, 1.54) is 6.42 Å². The third kappa shape index (κ3) is 4.70. The van der Waals surface area contributed by atoms with Crippen molar-refractivity contribution in [2.45, 2.75) is 81.7 Å². The molecule has 0 radical (unpaired) electrons. The summed E-state index contributed by atoms with van der Waals surface area (Å²) in [4.78, 5) is 26.7. The summed E-state index contributed by atoms with van der Waals surface area (Å²) in [6, 6.07) is 5.22. The number of anilines is 1. The normalized spacial score (nSPS) is 22.0. The summed E-state index contributed by atoms with van der Waals surface area (Å²) in [5, 5.41) is 3.00. The smallest absolute Gasteiger partial charge is 0.240 e. The molecule has 30 heavy (non-hydrogen) atoms. The van der Waals surface area contributed by atoms with Gasteiger partial charge in [0.15, 0.2) is 0 Å². The SMILES string of the molecule is C[C@@H]1Cc2cc(S(=O)(=O)NCCC(=O)NC3CCCCC3)ccc2N1C(=O)C1CC1. The Labute approximate surface area is 178 Å². The Morgan fingerprint density at radius 2 is 1.83 bits per heavy atom. The molecule has 0 saturated heterocycles. The van der Waals surface area contributed by atoms with Crippen molar-refractivity contribution < 1.29 is 18.0 Å². The molecule has 2 fully saturated rings. The first-order valence-electron chi connectivity index (χ1n) is 11.1. The van der Waals surface area contributed by atoms with E-state index in [4.69, 9.17) is 0 Å². The molecule has 1 aromatic rings. The number of carbonyl (C=O) groups excluding carboxylic acids is 2. The van der Waals surface area contributed by atoms with Crippen LogP contribution in [0.15, 0.2) is 23.1 Å². The number of benzene rings is 1. The molecular weight excluding hydrogens is 402 g/mol. The molecule has 4 rings (SSSR count). The van der Waals surface area contributed by atoms with Crippen LogP contribution in [0.1, 0.15) is 63.9 Å². The van der Waals surface area contributed by atoms with Crippen LogP contribution in [0.25, 0.3) is 0 Å². The van der Waals surface area contributed by atoms with E-state index in [1.807, 2.05) is 11.8 Å². The van der Waals surface area contributed by atoms with Crippen molar-refractivity contribution in [3.63, 3.8) is 0 Å². The Balaban J connectivity index is 1.35. The molecule has 7 nitrogen and oxygen atoms in total.